The second kappa shape index (κ2) is 7.77. The smallest absolute Gasteiger partial charge is 0.0990 e. The molecule has 4 atom stereocenters. The Hall–Kier alpha value is -0.900. The summed E-state index contributed by atoms with van der Waals surface area (Å²) in [6.07, 6.45) is 6.49. The highest BCUT2D eigenvalue weighted by molar-refractivity contribution is 5.19. The largest absolute Gasteiger partial charge is 0.375 e. The minimum atomic E-state index is 0.0295. The van der Waals surface area contributed by atoms with Crippen molar-refractivity contribution in [3.63, 3.8) is 0 Å². The van der Waals surface area contributed by atoms with Crippen molar-refractivity contribution in [1.82, 2.24) is 5.43 Å². The summed E-state index contributed by atoms with van der Waals surface area (Å²) in [7, 11) is 1.78. The van der Waals surface area contributed by atoms with Crippen LogP contribution in [0.5, 0.6) is 0 Å². The molecule has 1 saturated carbocycles. The van der Waals surface area contributed by atoms with E-state index < -0.39 is 0 Å². The first kappa shape index (κ1) is 15.5. The van der Waals surface area contributed by atoms with E-state index in [1.54, 1.807) is 7.11 Å². The number of hydrogen-bond acceptors (Lipinski definition) is 3. The Balaban J connectivity index is 2.13. The molecule has 2 rings (SSSR count). The van der Waals surface area contributed by atoms with Crippen molar-refractivity contribution in [2.45, 2.75) is 51.2 Å². The Morgan fingerprint density at radius 1 is 1.30 bits per heavy atom. The van der Waals surface area contributed by atoms with E-state index in [4.69, 9.17) is 10.6 Å². The summed E-state index contributed by atoms with van der Waals surface area (Å²) in [6, 6.07) is 10.6. The first-order valence-electron chi connectivity index (χ1n) is 7.84. The Labute approximate surface area is 122 Å². The van der Waals surface area contributed by atoms with Gasteiger partial charge < -0.3 is 4.74 Å². The van der Waals surface area contributed by atoms with E-state index >= 15 is 0 Å². The number of hydrazine groups is 1. The zero-order valence-electron chi connectivity index (χ0n) is 12.7. The molecule has 0 amide bonds. The Morgan fingerprint density at radius 2 is 2.05 bits per heavy atom. The number of rotatable bonds is 6. The average Bonchev–Trinajstić information content (AvgIpc) is 2.53. The predicted molar refractivity (Wildman–Crippen MR) is 83.0 cm³/mol. The van der Waals surface area contributed by atoms with Crippen LogP contribution in [0.4, 0.5) is 0 Å². The zero-order chi connectivity index (χ0) is 14.4. The van der Waals surface area contributed by atoms with Gasteiger partial charge in [0.25, 0.3) is 0 Å². The quantitative estimate of drug-likeness (QED) is 0.618. The van der Waals surface area contributed by atoms with E-state index in [0.717, 1.165) is 5.92 Å². The van der Waals surface area contributed by atoms with Gasteiger partial charge >= 0.3 is 0 Å². The molecule has 0 heterocycles. The van der Waals surface area contributed by atoms with Crippen LogP contribution in [0.15, 0.2) is 30.3 Å². The van der Waals surface area contributed by atoms with E-state index in [-0.39, 0.29) is 12.1 Å². The van der Waals surface area contributed by atoms with Gasteiger partial charge in [0, 0.05) is 7.11 Å². The lowest BCUT2D eigenvalue weighted by Crippen LogP contribution is -2.47. The van der Waals surface area contributed by atoms with Crippen molar-refractivity contribution in [2.24, 2.45) is 17.7 Å². The van der Waals surface area contributed by atoms with E-state index in [1.807, 2.05) is 6.07 Å². The Bertz CT molecular complexity index is 382. The van der Waals surface area contributed by atoms with Crippen molar-refractivity contribution < 1.29 is 4.74 Å². The topological polar surface area (TPSA) is 47.3 Å². The SMILES string of the molecule is CCC1CCCC(C(NN)C(OC)c2ccccc2)C1. The Kier molecular flexibility index (Phi) is 6.02. The van der Waals surface area contributed by atoms with E-state index in [0.29, 0.717) is 5.92 Å². The number of methoxy groups -OCH3 is 1. The molecule has 1 aromatic carbocycles. The summed E-state index contributed by atoms with van der Waals surface area (Å²) in [5.41, 5.74) is 4.25. The zero-order valence-corrected chi connectivity index (χ0v) is 12.7. The van der Waals surface area contributed by atoms with Gasteiger partial charge in [-0.15, -0.1) is 0 Å². The number of nitrogens with two attached hydrogens (primary N) is 1. The van der Waals surface area contributed by atoms with Gasteiger partial charge in [-0.05, 0) is 30.2 Å². The van der Waals surface area contributed by atoms with Gasteiger partial charge in [0.15, 0.2) is 0 Å². The molecule has 0 aromatic heterocycles. The van der Waals surface area contributed by atoms with Crippen molar-refractivity contribution in [3.8, 4) is 0 Å². The van der Waals surface area contributed by atoms with Crippen molar-refractivity contribution in [3.05, 3.63) is 35.9 Å². The molecule has 1 fully saturated rings. The van der Waals surface area contributed by atoms with Crippen LogP contribution in [0.3, 0.4) is 0 Å². The predicted octanol–water partition coefficient (Wildman–Crippen LogP) is 3.42. The molecule has 0 radical (unpaired) electrons. The fraction of sp³-hybridized carbons (Fsp3) is 0.647. The normalized spacial score (nSPS) is 26.1. The Morgan fingerprint density at radius 3 is 2.65 bits per heavy atom. The molecule has 3 heteroatoms. The molecule has 0 saturated heterocycles. The number of hydrogen-bond donors (Lipinski definition) is 2. The second-order valence-corrected chi connectivity index (χ2v) is 5.96. The number of benzene rings is 1. The van der Waals surface area contributed by atoms with Crippen LogP contribution < -0.4 is 11.3 Å². The summed E-state index contributed by atoms with van der Waals surface area (Å²) in [4.78, 5) is 0. The van der Waals surface area contributed by atoms with E-state index in [2.05, 4.69) is 36.6 Å². The third-order valence-electron chi connectivity index (χ3n) is 4.81. The van der Waals surface area contributed by atoms with Gasteiger partial charge in [0.05, 0.1) is 12.1 Å². The van der Waals surface area contributed by atoms with Crippen LogP contribution in [-0.4, -0.2) is 13.2 Å². The molecule has 1 aliphatic carbocycles. The van der Waals surface area contributed by atoms with Gasteiger partial charge in [-0.3, -0.25) is 11.3 Å². The molecule has 3 nitrogen and oxygen atoms in total. The lowest BCUT2D eigenvalue weighted by molar-refractivity contribution is 0.0321. The van der Waals surface area contributed by atoms with Gasteiger partial charge in [-0.1, -0.05) is 56.5 Å². The van der Waals surface area contributed by atoms with Crippen LogP contribution in [0.2, 0.25) is 0 Å². The highest BCUT2D eigenvalue weighted by Crippen LogP contribution is 2.37. The number of nitrogens with one attached hydrogen (secondary N) is 1. The summed E-state index contributed by atoms with van der Waals surface area (Å²) in [5.74, 6) is 7.32. The molecule has 20 heavy (non-hydrogen) atoms. The van der Waals surface area contributed by atoms with Crippen molar-refractivity contribution >= 4 is 0 Å². The molecular formula is C17H28N2O. The second-order valence-electron chi connectivity index (χ2n) is 5.96. The molecule has 0 bridgehead atoms. The molecule has 1 aromatic rings. The maximum atomic E-state index is 5.87. The van der Waals surface area contributed by atoms with Crippen molar-refractivity contribution in [1.29, 1.82) is 0 Å². The van der Waals surface area contributed by atoms with Gasteiger partial charge in [-0.25, -0.2) is 0 Å². The maximum Gasteiger partial charge on any atom is 0.0990 e. The van der Waals surface area contributed by atoms with Crippen LogP contribution in [0.1, 0.15) is 50.7 Å². The molecule has 3 N–H and O–H groups in total. The van der Waals surface area contributed by atoms with Crippen LogP contribution >= 0.6 is 0 Å². The minimum absolute atomic E-state index is 0.0295. The van der Waals surface area contributed by atoms with E-state index in [1.165, 1.54) is 37.7 Å². The highest BCUT2D eigenvalue weighted by Gasteiger charge is 2.33. The third-order valence-corrected chi connectivity index (χ3v) is 4.81. The minimum Gasteiger partial charge on any atom is -0.375 e. The first-order chi connectivity index (χ1) is 9.80. The fourth-order valence-electron chi connectivity index (χ4n) is 3.63. The van der Waals surface area contributed by atoms with Crippen LogP contribution in [0.25, 0.3) is 0 Å². The number of ether oxygens (including phenoxy) is 1. The summed E-state index contributed by atoms with van der Waals surface area (Å²) < 4.78 is 5.77. The molecule has 1 aliphatic rings. The molecule has 0 spiro atoms. The van der Waals surface area contributed by atoms with Crippen LogP contribution in [-0.2, 0) is 4.74 Å². The summed E-state index contributed by atoms with van der Waals surface area (Å²) >= 11 is 0. The summed E-state index contributed by atoms with van der Waals surface area (Å²) in [5, 5.41) is 0. The van der Waals surface area contributed by atoms with Gasteiger partial charge in [0.2, 0.25) is 0 Å². The van der Waals surface area contributed by atoms with Crippen LogP contribution in [0, 0.1) is 11.8 Å². The lowest BCUT2D eigenvalue weighted by Gasteiger charge is -2.37. The molecule has 4 unspecified atom stereocenters. The van der Waals surface area contributed by atoms with E-state index in [9.17, 15) is 0 Å². The molecule has 112 valence electrons. The standard InChI is InChI=1S/C17H28N2O/c1-3-13-8-7-11-15(12-13)16(19-18)17(20-2)14-9-5-4-6-10-14/h4-6,9-10,13,15-17,19H,3,7-8,11-12,18H2,1-2H3. The van der Waals surface area contributed by atoms with Gasteiger partial charge in [-0.2, -0.15) is 0 Å². The third kappa shape index (κ3) is 3.60. The monoisotopic (exact) mass is 276 g/mol. The average molecular weight is 276 g/mol. The highest BCUT2D eigenvalue weighted by atomic mass is 16.5. The fourth-order valence-corrected chi connectivity index (χ4v) is 3.63. The van der Waals surface area contributed by atoms with Crippen molar-refractivity contribution in [2.75, 3.05) is 7.11 Å². The molecule has 0 aliphatic heterocycles. The first-order valence-corrected chi connectivity index (χ1v) is 7.84. The van der Waals surface area contributed by atoms with Gasteiger partial charge in [0.1, 0.15) is 0 Å². The summed E-state index contributed by atoms with van der Waals surface area (Å²) in [6.45, 7) is 2.29. The molecular weight excluding hydrogens is 248 g/mol. The maximum absolute atomic E-state index is 5.87. The lowest BCUT2D eigenvalue weighted by atomic mass is 9.75.